The molecule has 0 bridgehead atoms. The molecule has 1 aromatic carbocycles. The summed E-state index contributed by atoms with van der Waals surface area (Å²) >= 11 is 1.58. The van der Waals surface area contributed by atoms with Gasteiger partial charge in [-0.25, -0.2) is 14.4 Å². The van der Waals surface area contributed by atoms with Crippen LogP contribution < -0.4 is 5.32 Å². The molecule has 0 radical (unpaired) electrons. The lowest BCUT2D eigenvalue weighted by molar-refractivity contribution is 0.0948. The Kier molecular flexibility index (Phi) is 6.44. The van der Waals surface area contributed by atoms with Crippen LogP contribution in [0, 0.1) is 5.82 Å². The van der Waals surface area contributed by atoms with E-state index >= 15 is 0 Å². The van der Waals surface area contributed by atoms with Gasteiger partial charge in [-0.1, -0.05) is 18.2 Å². The number of amides is 1. The molecule has 9 heteroatoms. The van der Waals surface area contributed by atoms with Crippen molar-refractivity contribution in [2.45, 2.75) is 13.0 Å². The number of aromatic nitrogens is 4. The molecule has 31 heavy (non-hydrogen) atoms. The van der Waals surface area contributed by atoms with Gasteiger partial charge in [-0.15, -0.1) is 11.3 Å². The molecule has 0 saturated heterocycles. The highest BCUT2D eigenvalue weighted by molar-refractivity contribution is 7.13. The van der Waals surface area contributed by atoms with Gasteiger partial charge in [0, 0.05) is 19.9 Å². The summed E-state index contributed by atoms with van der Waals surface area (Å²) in [5, 5.41) is 9.20. The van der Waals surface area contributed by atoms with Gasteiger partial charge in [0.25, 0.3) is 11.9 Å². The fourth-order valence-corrected chi connectivity index (χ4v) is 3.79. The first kappa shape index (κ1) is 20.8. The fourth-order valence-electron chi connectivity index (χ4n) is 3.09. The van der Waals surface area contributed by atoms with Gasteiger partial charge < -0.3 is 10.1 Å². The Bertz CT molecular complexity index is 1160. The molecule has 0 saturated carbocycles. The van der Waals surface area contributed by atoms with E-state index in [-0.39, 0.29) is 18.3 Å². The third-order valence-corrected chi connectivity index (χ3v) is 5.51. The summed E-state index contributed by atoms with van der Waals surface area (Å²) in [7, 11) is 1.55. The lowest BCUT2D eigenvalue weighted by Crippen LogP contribution is -2.26. The molecule has 1 N–H and O–H groups in total. The van der Waals surface area contributed by atoms with Gasteiger partial charge in [0.15, 0.2) is 0 Å². The number of methoxy groups -OCH3 is 1. The predicted molar refractivity (Wildman–Crippen MR) is 116 cm³/mol. The lowest BCUT2D eigenvalue weighted by Gasteiger charge is -2.09. The van der Waals surface area contributed by atoms with Crippen molar-refractivity contribution < 1.29 is 13.9 Å². The molecule has 0 atom stereocenters. The van der Waals surface area contributed by atoms with Gasteiger partial charge in [0.1, 0.15) is 5.82 Å². The molecule has 4 rings (SSSR count). The zero-order valence-electron chi connectivity index (χ0n) is 16.8. The van der Waals surface area contributed by atoms with Crippen LogP contribution in [0.3, 0.4) is 0 Å². The number of rotatable bonds is 8. The number of carbonyl (C=O) groups excluding carboxylic acids is 1. The largest absolute Gasteiger partial charge is 0.378 e. The standard InChI is InChI=1S/C22H20FN5O2S/c1-30-14-19-17(21(29)24-10-8-15-4-6-16(23)7-5-15)13-26-28(19)22-25-11-9-18(27-22)20-3-2-12-31-20/h2-7,9,11-13H,8,10,14H2,1H3,(H,24,29). The maximum absolute atomic E-state index is 13.0. The number of nitrogens with zero attached hydrogens (tertiary/aromatic N) is 4. The van der Waals surface area contributed by atoms with E-state index in [2.05, 4.69) is 20.4 Å². The summed E-state index contributed by atoms with van der Waals surface area (Å²) in [6, 6.07) is 12.0. The van der Waals surface area contributed by atoms with Crippen LogP contribution in [0.4, 0.5) is 4.39 Å². The predicted octanol–water partition coefficient (Wildman–Crippen LogP) is 3.65. The second kappa shape index (κ2) is 9.59. The summed E-state index contributed by atoms with van der Waals surface area (Å²) in [5.74, 6) is -0.187. The van der Waals surface area contributed by atoms with Crippen LogP contribution in [-0.2, 0) is 17.8 Å². The maximum atomic E-state index is 13.0. The lowest BCUT2D eigenvalue weighted by atomic mass is 10.1. The van der Waals surface area contributed by atoms with Crippen molar-refractivity contribution in [3.05, 3.63) is 82.9 Å². The number of halogens is 1. The number of thiophene rings is 1. The van der Waals surface area contributed by atoms with E-state index in [9.17, 15) is 9.18 Å². The van der Waals surface area contributed by atoms with Crippen LogP contribution in [0.2, 0.25) is 0 Å². The number of carbonyl (C=O) groups is 1. The minimum atomic E-state index is -0.283. The van der Waals surface area contributed by atoms with E-state index in [1.165, 1.54) is 23.0 Å². The average Bonchev–Trinajstić information content (AvgIpc) is 3.46. The highest BCUT2D eigenvalue weighted by Gasteiger charge is 2.20. The first-order valence-electron chi connectivity index (χ1n) is 9.61. The molecule has 0 spiro atoms. The molecule has 0 unspecified atom stereocenters. The number of benzene rings is 1. The minimum absolute atomic E-state index is 0.174. The van der Waals surface area contributed by atoms with Crippen LogP contribution >= 0.6 is 11.3 Å². The summed E-state index contributed by atoms with van der Waals surface area (Å²) in [5.41, 5.74) is 2.67. The Hall–Kier alpha value is -3.43. The van der Waals surface area contributed by atoms with Gasteiger partial charge >= 0.3 is 0 Å². The van der Waals surface area contributed by atoms with E-state index in [0.717, 1.165) is 16.1 Å². The Morgan fingerprint density at radius 2 is 2.06 bits per heavy atom. The molecule has 4 aromatic rings. The van der Waals surface area contributed by atoms with Crippen molar-refractivity contribution >= 4 is 17.2 Å². The topological polar surface area (TPSA) is 81.9 Å². The van der Waals surface area contributed by atoms with E-state index in [4.69, 9.17) is 4.74 Å². The second-order valence-corrected chi connectivity index (χ2v) is 7.65. The molecule has 1 amide bonds. The first-order chi connectivity index (χ1) is 15.2. The molecule has 0 aliphatic carbocycles. The zero-order valence-corrected chi connectivity index (χ0v) is 17.6. The van der Waals surface area contributed by atoms with Gasteiger partial charge in [-0.2, -0.15) is 9.78 Å². The summed E-state index contributed by atoms with van der Waals surface area (Å²) in [6.45, 7) is 0.583. The normalized spacial score (nSPS) is 10.9. The molecule has 0 fully saturated rings. The molecular weight excluding hydrogens is 417 g/mol. The number of nitrogens with one attached hydrogen (secondary N) is 1. The van der Waals surface area contributed by atoms with Crippen molar-refractivity contribution in [3.8, 4) is 16.5 Å². The van der Waals surface area contributed by atoms with E-state index in [1.807, 2.05) is 23.6 Å². The van der Waals surface area contributed by atoms with Crippen molar-refractivity contribution in [1.82, 2.24) is 25.1 Å². The highest BCUT2D eigenvalue weighted by atomic mass is 32.1. The monoisotopic (exact) mass is 437 g/mol. The van der Waals surface area contributed by atoms with Crippen molar-refractivity contribution in [1.29, 1.82) is 0 Å². The van der Waals surface area contributed by atoms with Crippen LogP contribution in [-0.4, -0.2) is 39.3 Å². The summed E-state index contributed by atoms with van der Waals surface area (Å²) < 4.78 is 19.8. The Labute approximate surface area is 182 Å². The van der Waals surface area contributed by atoms with Crippen LogP contribution in [0.1, 0.15) is 21.6 Å². The van der Waals surface area contributed by atoms with Crippen LogP contribution in [0.15, 0.2) is 60.2 Å². The van der Waals surface area contributed by atoms with Crippen molar-refractivity contribution in [2.24, 2.45) is 0 Å². The average molecular weight is 438 g/mol. The maximum Gasteiger partial charge on any atom is 0.254 e. The summed E-state index contributed by atoms with van der Waals surface area (Å²) in [6.07, 6.45) is 3.74. The first-order valence-corrected chi connectivity index (χ1v) is 10.5. The van der Waals surface area contributed by atoms with Gasteiger partial charge in [0.2, 0.25) is 0 Å². The van der Waals surface area contributed by atoms with Gasteiger partial charge in [-0.05, 0) is 41.6 Å². The molecule has 0 aliphatic heterocycles. The molecule has 158 valence electrons. The minimum Gasteiger partial charge on any atom is -0.378 e. The van der Waals surface area contributed by atoms with E-state index in [0.29, 0.717) is 30.2 Å². The quantitative estimate of drug-likeness (QED) is 0.455. The van der Waals surface area contributed by atoms with Gasteiger partial charge in [-0.3, -0.25) is 4.79 Å². The van der Waals surface area contributed by atoms with Crippen molar-refractivity contribution in [3.63, 3.8) is 0 Å². The molecule has 7 nitrogen and oxygen atoms in total. The highest BCUT2D eigenvalue weighted by Crippen LogP contribution is 2.23. The van der Waals surface area contributed by atoms with Gasteiger partial charge in [0.05, 0.1) is 34.6 Å². The Balaban J connectivity index is 1.52. The smallest absolute Gasteiger partial charge is 0.254 e. The summed E-state index contributed by atoms with van der Waals surface area (Å²) in [4.78, 5) is 22.7. The molecule has 3 aromatic heterocycles. The number of hydrogen-bond donors (Lipinski definition) is 1. The van der Waals surface area contributed by atoms with Crippen molar-refractivity contribution in [2.75, 3.05) is 13.7 Å². The Morgan fingerprint density at radius 3 is 2.81 bits per heavy atom. The number of ether oxygens (including phenoxy) is 1. The van der Waals surface area contributed by atoms with Crippen LogP contribution in [0.5, 0.6) is 0 Å². The SMILES string of the molecule is COCc1c(C(=O)NCCc2ccc(F)cc2)cnn1-c1nccc(-c2cccs2)n1. The van der Waals surface area contributed by atoms with Crippen LogP contribution in [0.25, 0.3) is 16.5 Å². The molecule has 0 aliphatic rings. The Morgan fingerprint density at radius 1 is 1.23 bits per heavy atom. The number of hydrogen-bond acceptors (Lipinski definition) is 6. The molecule has 3 heterocycles. The fraction of sp³-hybridized carbons (Fsp3) is 0.182. The zero-order chi connectivity index (χ0) is 21.6. The van der Waals surface area contributed by atoms with E-state index < -0.39 is 0 Å². The van der Waals surface area contributed by atoms with E-state index in [1.54, 1.807) is 36.8 Å². The molecular formula is C22H20FN5O2S. The third kappa shape index (κ3) is 4.84. The third-order valence-electron chi connectivity index (χ3n) is 4.61. The second-order valence-electron chi connectivity index (χ2n) is 6.70.